The number of halogens is 1. The molecular formula is C4H10FNO2S. The van der Waals surface area contributed by atoms with Crippen molar-refractivity contribution < 1.29 is 12.8 Å². The molecule has 0 aliphatic heterocycles. The molecule has 0 aliphatic rings. The predicted molar refractivity (Wildman–Crippen MR) is 33.4 cm³/mol. The normalized spacial score (nSPS) is 11.8. The monoisotopic (exact) mass is 155 g/mol. The van der Waals surface area contributed by atoms with Crippen molar-refractivity contribution in [3.05, 3.63) is 0 Å². The van der Waals surface area contributed by atoms with Gasteiger partial charge in [0, 0.05) is 6.54 Å². The fraction of sp³-hybridized carbons (Fsp3) is 1.00. The van der Waals surface area contributed by atoms with Gasteiger partial charge in [0.05, 0.1) is 5.75 Å². The van der Waals surface area contributed by atoms with Gasteiger partial charge in [0.15, 0.2) is 0 Å². The zero-order valence-corrected chi connectivity index (χ0v) is 6.04. The highest BCUT2D eigenvalue weighted by Gasteiger charge is 2.02. The molecule has 0 bridgehead atoms. The molecule has 0 aliphatic carbocycles. The molecule has 3 nitrogen and oxygen atoms in total. The Hall–Kier alpha value is -0.160. The highest BCUT2D eigenvalue weighted by Crippen LogP contribution is 1.79. The van der Waals surface area contributed by atoms with Crippen molar-refractivity contribution in [1.82, 2.24) is 4.72 Å². The van der Waals surface area contributed by atoms with Gasteiger partial charge in [0.25, 0.3) is 0 Å². The topological polar surface area (TPSA) is 46.2 Å². The largest absolute Gasteiger partial charge is 0.250 e. The van der Waals surface area contributed by atoms with Crippen LogP contribution in [0.1, 0.15) is 6.92 Å². The van der Waals surface area contributed by atoms with E-state index in [-0.39, 0.29) is 12.3 Å². The maximum atomic E-state index is 11.3. The lowest BCUT2D eigenvalue weighted by molar-refractivity contribution is 0.487. The van der Waals surface area contributed by atoms with Crippen LogP contribution < -0.4 is 4.72 Å². The Balaban J connectivity index is 3.61. The average molecular weight is 155 g/mol. The van der Waals surface area contributed by atoms with Gasteiger partial charge >= 0.3 is 0 Å². The quantitative estimate of drug-likeness (QED) is 0.616. The SMILES string of the molecule is CCS(=O)(=O)NCCF. The molecule has 0 aromatic rings. The third kappa shape index (κ3) is 4.35. The number of alkyl halides is 1. The maximum absolute atomic E-state index is 11.3. The van der Waals surface area contributed by atoms with E-state index in [0.29, 0.717) is 0 Å². The Morgan fingerprint density at radius 3 is 2.44 bits per heavy atom. The summed E-state index contributed by atoms with van der Waals surface area (Å²) >= 11 is 0. The van der Waals surface area contributed by atoms with Crippen LogP contribution in [0.25, 0.3) is 0 Å². The van der Waals surface area contributed by atoms with Gasteiger partial charge in [-0.15, -0.1) is 0 Å². The first-order valence-corrected chi connectivity index (χ1v) is 4.31. The van der Waals surface area contributed by atoms with Crippen molar-refractivity contribution in [2.24, 2.45) is 0 Å². The molecule has 0 saturated carbocycles. The van der Waals surface area contributed by atoms with E-state index in [1.54, 1.807) is 0 Å². The minimum absolute atomic E-state index is 0.00694. The molecule has 0 unspecified atom stereocenters. The second kappa shape index (κ2) is 3.79. The molecule has 0 aromatic heterocycles. The summed E-state index contributed by atoms with van der Waals surface area (Å²) in [5, 5.41) is 0. The van der Waals surface area contributed by atoms with E-state index < -0.39 is 16.7 Å². The van der Waals surface area contributed by atoms with Crippen molar-refractivity contribution in [3.63, 3.8) is 0 Å². The highest BCUT2D eigenvalue weighted by molar-refractivity contribution is 7.89. The zero-order chi connectivity index (χ0) is 7.33. The maximum Gasteiger partial charge on any atom is 0.211 e. The smallest absolute Gasteiger partial charge is 0.211 e. The minimum atomic E-state index is -3.17. The van der Waals surface area contributed by atoms with Crippen molar-refractivity contribution in [2.75, 3.05) is 19.0 Å². The van der Waals surface area contributed by atoms with Crippen LogP contribution in [0.2, 0.25) is 0 Å². The van der Waals surface area contributed by atoms with E-state index in [9.17, 15) is 12.8 Å². The third-order valence-corrected chi connectivity index (χ3v) is 2.20. The first-order valence-electron chi connectivity index (χ1n) is 2.65. The Morgan fingerprint density at radius 1 is 1.56 bits per heavy atom. The van der Waals surface area contributed by atoms with Gasteiger partial charge in [0.2, 0.25) is 10.0 Å². The van der Waals surface area contributed by atoms with Crippen molar-refractivity contribution >= 4 is 10.0 Å². The molecule has 0 radical (unpaired) electrons. The molecule has 0 spiro atoms. The van der Waals surface area contributed by atoms with Crippen molar-refractivity contribution in [3.8, 4) is 0 Å². The standard InChI is InChI=1S/C4H10FNO2S/c1-2-9(7,8)6-4-3-5/h6H,2-4H2,1H3. The lowest BCUT2D eigenvalue weighted by atomic mass is 10.8. The van der Waals surface area contributed by atoms with Crippen LogP contribution in [-0.4, -0.2) is 27.4 Å². The number of sulfonamides is 1. The summed E-state index contributed by atoms with van der Waals surface area (Å²) < 4.78 is 34.3. The Kier molecular flexibility index (Phi) is 3.72. The fourth-order valence-corrected chi connectivity index (χ4v) is 0.888. The molecular weight excluding hydrogens is 145 g/mol. The van der Waals surface area contributed by atoms with Gasteiger partial charge < -0.3 is 0 Å². The summed E-state index contributed by atoms with van der Waals surface area (Å²) in [6, 6.07) is 0. The molecule has 0 rings (SSSR count). The van der Waals surface area contributed by atoms with Crippen LogP contribution >= 0.6 is 0 Å². The molecule has 5 heteroatoms. The molecule has 0 fully saturated rings. The van der Waals surface area contributed by atoms with Crippen molar-refractivity contribution in [1.29, 1.82) is 0 Å². The van der Waals surface area contributed by atoms with Gasteiger partial charge in [-0.25, -0.2) is 17.5 Å². The Labute approximate surface area is 54.3 Å². The van der Waals surface area contributed by atoms with E-state index in [4.69, 9.17) is 0 Å². The van der Waals surface area contributed by atoms with Crippen LogP contribution in [0.4, 0.5) is 4.39 Å². The lowest BCUT2D eigenvalue weighted by Gasteiger charge is -1.98. The Morgan fingerprint density at radius 2 is 2.11 bits per heavy atom. The zero-order valence-electron chi connectivity index (χ0n) is 5.22. The molecule has 56 valence electrons. The van der Waals surface area contributed by atoms with Gasteiger partial charge in [-0.05, 0) is 6.92 Å². The summed E-state index contributed by atoms with van der Waals surface area (Å²) in [5.41, 5.74) is 0. The Bertz CT molecular complexity index is 154. The van der Waals surface area contributed by atoms with Gasteiger partial charge in [-0.1, -0.05) is 0 Å². The number of rotatable bonds is 4. The summed E-state index contributed by atoms with van der Waals surface area (Å²) in [6.45, 7) is 0.732. The summed E-state index contributed by atoms with van der Waals surface area (Å²) in [5.74, 6) is 0.00694. The molecule has 0 atom stereocenters. The first kappa shape index (κ1) is 8.84. The molecule has 0 amide bonds. The molecule has 0 heterocycles. The lowest BCUT2D eigenvalue weighted by Crippen LogP contribution is -2.27. The molecule has 1 N–H and O–H groups in total. The van der Waals surface area contributed by atoms with Crippen LogP contribution in [0, 0.1) is 0 Å². The predicted octanol–water partition coefficient (Wildman–Crippen LogP) is -0.105. The summed E-state index contributed by atoms with van der Waals surface area (Å²) in [6.07, 6.45) is 0. The number of nitrogens with one attached hydrogen (secondary N) is 1. The van der Waals surface area contributed by atoms with Crippen LogP contribution in [0.3, 0.4) is 0 Å². The van der Waals surface area contributed by atoms with E-state index in [1.165, 1.54) is 6.92 Å². The van der Waals surface area contributed by atoms with E-state index in [0.717, 1.165) is 0 Å². The van der Waals surface area contributed by atoms with E-state index >= 15 is 0 Å². The van der Waals surface area contributed by atoms with E-state index in [1.807, 2.05) is 0 Å². The second-order valence-corrected chi connectivity index (χ2v) is 3.58. The van der Waals surface area contributed by atoms with Gasteiger partial charge in [-0.2, -0.15) is 0 Å². The van der Waals surface area contributed by atoms with Crippen LogP contribution in [-0.2, 0) is 10.0 Å². The fourth-order valence-electron chi connectivity index (χ4n) is 0.296. The van der Waals surface area contributed by atoms with Crippen LogP contribution in [0.15, 0.2) is 0 Å². The first-order chi connectivity index (χ1) is 4.12. The molecule has 0 aromatic carbocycles. The average Bonchev–Trinajstić information content (AvgIpc) is 1.84. The van der Waals surface area contributed by atoms with Gasteiger partial charge in [-0.3, -0.25) is 0 Å². The van der Waals surface area contributed by atoms with Crippen molar-refractivity contribution in [2.45, 2.75) is 6.92 Å². The van der Waals surface area contributed by atoms with Gasteiger partial charge in [0.1, 0.15) is 6.67 Å². The second-order valence-electron chi connectivity index (χ2n) is 1.49. The minimum Gasteiger partial charge on any atom is -0.250 e. The number of hydrogen-bond donors (Lipinski definition) is 1. The summed E-state index contributed by atoms with van der Waals surface area (Å²) in [4.78, 5) is 0. The third-order valence-electron chi connectivity index (χ3n) is 0.797. The molecule has 9 heavy (non-hydrogen) atoms. The van der Waals surface area contributed by atoms with Crippen LogP contribution in [0.5, 0.6) is 0 Å². The van der Waals surface area contributed by atoms with E-state index in [2.05, 4.69) is 4.72 Å². The molecule has 0 saturated heterocycles. The number of hydrogen-bond acceptors (Lipinski definition) is 2. The highest BCUT2D eigenvalue weighted by atomic mass is 32.2. The summed E-state index contributed by atoms with van der Waals surface area (Å²) in [7, 11) is -3.17.